The van der Waals surface area contributed by atoms with Crippen molar-refractivity contribution < 1.29 is 9.59 Å². The van der Waals surface area contributed by atoms with Crippen LogP contribution in [0, 0.1) is 0 Å². The summed E-state index contributed by atoms with van der Waals surface area (Å²) in [5.74, 6) is -0.193. The Kier molecular flexibility index (Phi) is 4.99. The summed E-state index contributed by atoms with van der Waals surface area (Å²) in [5, 5.41) is 5.74. The highest BCUT2D eigenvalue weighted by Crippen LogP contribution is 2.28. The van der Waals surface area contributed by atoms with Crippen LogP contribution in [0.5, 0.6) is 0 Å². The van der Waals surface area contributed by atoms with Gasteiger partial charge in [0.15, 0.2) is 0 Å². The number of H-pyrrole nitrogens is 1. The van der Waals surface area contributed by atoms with E-state index in [0.29, 0.717) is 17.8 Å². The first kappa shape index (κ1) is 18.7. The Morgan fingerprint density at radius 1 is 1.14 bits per heavy atom. The van der Waals surface area contributed by atoms with Crippen LogP contribution in [0.4, 0.5) is 5.69 Å². The van der Waals surface area contributed by atoms with Crippen molar-refractivity contribution in [2.45, 2.75) is 20.3 Å². The SMILES string of the molecule is CC(C)=CC(=O)Nc1cccc(-c2cc(-c3cc4c([nH]3)CCNC4=O)ccn2)c1. The molecule has 0 radical (unpaired) electrons. The first-order valence-corrected chi connectivity index (χ1v) is 9.52. The van der Waals surface area contributed by atoms with Crippen LogP contribution in [0.1, 0.15) is 29.9 Å². The lowest BCUT2D eigenvalue weighted by atomic mass is 10.1. The minimum Gasteiger partial charge on any atom is -0.358 e. The molecule has 146 valence electrons. The van der Waals surface area contributed by atoms with Crippen molar-refractivity contribution in [3.8, 4) is 22.5 Å². The molecule has 6 nitrogen and oxygen atoms in total. The third-order valence-corrected chi connectivity index (χ3v) is 4.72. The highest BCUT2D eigenvalue weighted by atomic mass is 16.2. The Bertz CT molecular complexity index is 1120. The standard InChI is InChI=1S/C23H22N4O2/c1-14(2)10-22(28)26-17-5-3-4-15(11-17)20-12-16(6-8-24-20)21-13-18-19(27-21)7-9-25-23(18)29/h3-6,8,10-13,27H,7,9H2,1-2H3,(H,25,29)(H,26,28). The molecule has 29 heavy (non-hydrogen) atoms. The molecule has 1 aliphatic rings. The molecule has 0 saturated carbocycles. The van der Waals surface area contributed by atoms with Crippen LogP contribution >= 0.6 is 0 Å². The molecule has 3 aromatic rings. The first-order chi connectivity index (χ1) is 14.0. The van der Waals surface area contributed by atoms with Crippen LogP contribution in [0.25, 0.3) is 22.5 Å². The van der Waals surface area contributed by atoms with Gasteiger partial charge in [-0.05, 0) is 44.2 Å². The molecular formula is C23H22N4O2. The van der Waals surface area contributed by atoms with Gasteiger partial charge in [-0.25, -0.2) is 0 Å². The van der Waals surface area contributed by atoms with Gasteiger partial charge in [0.1, 0.15) is 0 Å². The van der Waals surface area contributed by atoms with Gasteiger partial charge in [-0.1, -0.05) is 17.7 Å². The number of benzene rings is 1. The van der Waals surface area contributed by atoms with Crippen LogP contribution in [-0.2, 0) is 11.2 Å². The minimum absolute atomic E-state index is 0.0390. The molecule has 0 aliphatic carbocycles. The number of aromatic nitrogens is 2. The summed E-state index contributed by atoms with van der Waals surface area (Å²) in [6.07, 6.45) is 4.11. The van der Waals surface area contributed by atoms with Crippen molar-refractivity contribution in [3.63, 3.8) is 0 Å². The molecule has 0 atom stereocenters. The fourth-order valence-corrected chi connectivity index (χ4v) is 3.40. The second kappa shape index (κ2) is 7.75. The Balaban J connectivity index is 1.63. The maximum Gasteiger partial charge on any atom is 0.253 e. The lowest BCUT2D eigenvalue weighted by Crippen LogP contribution is -2.31. The Labute approximate surface area is 169 Å². The predicted molar refractivity (Wildman–Crippen MR) is 114 cm³/mol. The number of nitrogens with zero attached hydrogens (tertiary/aromatic N) is 1. The van der Waals surface area contributed by atoms with Crippen LogP contribution in [0.2, 0.25) is 0 Å². The van der Waals surface area contributed by atoms with E-state index < -0.39 is 0 Å². The second-order valence-corrected chi connectivity index (χ2v) is 7.30. The average molecular weight is 386 g/mol. The van der Waals surface area contributed by atoms with E-state index in [2.05, 4.69) is 20.6 Å². The number of hydrogen-bond donors (Lipinski definition) is 3. The molecule has 6 heteroatoms. The molecule has 1 aromatic carbocycles. The topological polar surface area (TPSA) is 86.9 Å². The first-order valence-electron chi connectivity index (χ1n) is 9.52. The number of anilines is 1. The van der Waals surface area contributed by atoms with Gasteiger partial charge in [-0.15, -0.1) is 0 Å². The summed E-state index contributed by atoms with van der Waals surface area (Å²) < 4.78 is 0. The zero-order valence-electron chi connectivity index (χ0n) is 16.4. The number of carbonyl (C=O) groups excluding carboxylic acids is 2. The average Bonchev–Trinajstić information content (AvgIpc) is 3.13. The van der Waals surface area contributed by atoms with Crippen molar-refractivity contribution in [1.82, 2.24) is 15.3 Å². The molecule has 1 aliphatic heterocycles. The number of aromatic amines is 1. The number of nitrogens with one attached hydrogen (secondary N) is 3. The zero-order chi connectivity index (χ0) is 20.4. The fraction of sp³-hybridized carbons (Fsp3) is 0.174. The fourth-order valence-electron chi connectivity index (χ4n) is 3.40. The molecule has 3 heterocycles. The van der Waals surface area contributed by atoms with Crippen LogP contribution in [-0.4, -0.2) is 28.3 Å². The van der Waals surface area contributed by atoms with Gasteiger partial charge in [0.2, 0.25) is 5.91 Å². The Morgan fingerprint density at radius 2 is 2.00 bits per heavy atom. The van der Waals surface area contributed by atoms with Crippen molar-refractivity contribution in [3.05, 3.63) is 71.6 Å². The molecule has 2 amide bonds. The van der Waals surface area contributed by atoms with E-state index in [-0.39, 0.29) is 11.8 Å². The maximum atomic E-state index is 12.0. The lowest BCUT2D eigenvalue weighted by molar-refractivity contribution is -0.111. The van der Waals surface area contributed by atoms with Crippen LogP contribution < -0.4 is 10.6 Å². The highest BCUT2D eigenvalue weighted by Gasteiger charge is 2.20. The van der Waals surface area contributed by atoms with E-state index in [1.807, 2.05) is 56.3 Å². The van der Waals surface area contributed by atoms with Crippen molar-refractivity contribution in [1.29, 1.82) is 0 Å². The largest absolute Gasteiger partial charge is 0.358 e. The molecular weight excluding hydrogens is 364 g/mol. The number of rotatable bonds is 4. The summed E-state index contributed by atoms with van der Waals surface area (Å²) in [7, 11) is 0. The number of allylic oxidation sites excluding steroid dienone is 1. The van der Waals surface area contributed by atoms with Gasteiger partial charge in [0, 0.05) is 53.4 Å². The molecule has 0 bridgehead atoms. The quantitative estimate of drug-likeness (QED) is 0.594. The van der Waals surface area contributed by atoms with Crippen LogP contribution in [0.15, 0.2) is 60.3 Å². The van der Waals surface area contributed by atoms with Crippen molar-refractivity contribution >= 4 is 17.5 Å². The summed E-state index contributed by atoms with van der Waals surface area (Å²) in [6.45, 7) is 4.42. The van der Waals surface area contributed by atoms with Crippen molar-refractivity contribution in [2.24, 2.45) is 0 Å². The van der Waals surface area contributed by atoms with E-state index in [1.54, 1.807) is 12.3 Å². The number of pyridine rings is 1. The number of fused-ring (bicyclic) bond motifs is 1. The second-order valence-electron chi connectivity index (χ2n) is 7.30. The molecule has 3 N–H and O–H groups in total. The van der Waals surface area contributed by atoms with Gasteiger partial charge in [0.25, 0.3) is 5.91 Å². The number of carbonyl (C=O) groups is 2. The van der Waals surface area contributed by atoms with E-state index in [1.165, 1.54) is 0 Å². The van der Waals surface area contributed by atoms with Gasteiger partial charge in [0.05, 0.1) is 11.3 Å². The van der Waals surface area contributed by atoms with E-state index in [4.69, 9.17) is 0 Å². The maximum absolute atomic E-state index is 12.0. The molecule has 0 saturated heterocycles. The molecule has 0 unspecified atom stereocenters. The summed E-state index contributed by atoms with van der Waals surface area (Å²) >= 11 is 0. The van der Waals surface area contributed by atoms with E-state index in [0.717, 1.165) is 40.2 Å². The molecule has 2 aromatic heterocycles. The van der Waals surface area contributed by atoms with Crippen LogP contribution in [0.3, 0.4) is 0 Å². The molecule has 0 spiro atoms. The van der Waals surface area contributed by atoms with Crippen molar-refractivity contribution in [2.75, 3.05) is 11.9 Å². The minimum atomic E-state index is -0.154. The normalized spacial score (nSPS) is 12.7. The highest BCUT2D eigenvalue weighted by molar-refractivity contribution is 6.00. The Morgan fingerprint density at radius 3 is 2.79 bits per heavy atom. The van der Waals surface area contributed by atoms with E-state index in [9.17, 15) is 9.59 Å². The van der Waals surface area contributed by atoms with Gasteiger partial charge in [-0.3, -0.25) is 14.6 Å². The summed E-state index contributed by atoms with van der Waals surface area (Å²) in [4.78, 5) is 31.9. The molecule has 0 fully saturated rings. The van der Waals surface area contributed by atoms with Gasteiger partial charge >= 0.3 is 0 Å². The third-order valence-electron chi connectivity index (χ3n) is 4.72. The Hall–Kier alpha value is -3.67. The number of hydrogen-bond acceptors (Lipinski definition) is 3. The lowest BCUT2D eigenvalue weighted by Gasteiger charge is -2.11. The predicted octanol–water partition coefficient (Wildman–Crippen LogP) is 3.93. The number of amides is 2. The van der Waals surface area contributed by atoms with Gasteiger partial charge in [-0.2, -0.15) is 0 Å². The molecule has 4 rings (SSSR count). The van der Waals surface area contributed by atoms with Gasteiger partial charge < -0.3 is 15.6 Å². The summed E-state index contributed by atoms with van der Waals surface area (Å²) in [5.41, 5.74) is 6.85. The van der Waals surface area contributed by atoms with E-state index >= 15 is 0 Å². The smallest absolute Gasteiger partial charge is 0.253 e. The monoisotopic (exact) mass is 386 g/mol. The third kappa shape index (κ3) is 4.11. The summed E-state index contributed by atoms with van der Waals surface area (Å²) in [6, 6.07) is 13.4. The zero-order valence-corrected chi connectivity index (χ0v) is 16.4.